The quantitative estimate of drug-likeness (QED) is 0.673. The van der Waals surface area contributed by atoms with Gasteiger partial charge in [-0.2, -0.15) is 0 Å². The fourth-order valence-corrected chi connectivity index (χ4v) is 0.551. The molecule has 0 fully saturated rings. The Kier molecular flexibility index (Phi) is 5.77. The van der Waals surface area contributed by atoms with Crippen LogP contribution in [0.4, 0.5) is 4.39 Å². The first-order valence-electron chi connectivity index (χ1n) is 4.66. The van der Waals surface area contributed by atoms with Crippen LogP contribution in [0.5, 0.6) is 0 Å². The Hall–Kier alpha value is -1.18. The van der Waals surface area contributed by atoms with Gasteiger partial charge in [-0.05, 0) is 25.5 Å². The summed E-state index contributed by atoms with van der Waals surface area (Å²) in [5.74, 6) is 0.340. The molecule has 78 valence electrons. The fraction of sp³-hybridized carbons (Fsp3) is 0.417. The topological polar surface area (TPSA) is 17.1 Å². The molecule has 0 amide bonds. The highest BCUT2D eigenvalue weighted by Crippen LogP contribution is 2.01. The summed E-state index contributed by atoms with van der Waals surface area (Å²) in [5, 5.41) is 0. The Morgan fingerprint density at radius 1 is 1.29 bits per heavy atom. The zero-order valence-corrected chi connectivity index (χ0v) is 9.17. The zero-order valence-electron chi connectivity index (χ0n) is 9.17. The lowest BCUT2D eigenvalue weighted by atomic mass is 10.1. The first-order valence-corrected chi connectivity index (χ1v) is 4.66. The molecule has 14 heavy (non-hydrogen) atoms. The lowest BCUT2D eigenvalue weighted by Crippen LogP contribution is -1.98. The molecule has 0 heterocycles. The van der Waals surface area contributed by atoms with E-state index >= 15 is 0 Å². The lowest BCUT2D eigenvalue weighted by molar-refractivity contribution is -0.119. The standard InChI is InChI=1S/C7H7F.C5H10O/c1-6-4-2-3-5-7(6)8;1-4(2)5(3)6/h2-5H,1H3;4H,1-3H3. The summed E-state index contributed by atoms with van der Waals surface area (Å²) in [7, 11) is 0. The van der Waals surface area contributed by atoms with Gasteiger partial charge in [0.15, 0.2) is 0 Å². The molecule has 0 aliphatic rings. The molecule has 0 aromatic heterocycles. The minimum absolute atomic E-state index is 0.132. The Labute approximate surface area is 85.0 Å². The lowest BCUT2D eigenvalue weighted by Gasteiger charge is -1.90. The van der Waals surface area contributed by atoms with E-state index in [1.807, 2.05) is 19.9 Å². The number of benzene rings is 1. The van der Waals surface area contributed by atoms with Crippen LogP contribution in [0.3, 0.4) is 0 Å². The van der Waals surface area contributed by atoms with E-state index < -0.39 is 0 Å². The summed E-state index contributed by atoms with van der Waals surface area (Å²) in [6.45, 7) is 7.13. The number of halogens is 1. The summed E-state index contributed by atoms with van der Waals surface area (Å²) in [6.07, 6.45) is 0. The molecule has 1 nitrogen and oxygen atoms in total. The Morgan fingerprint density at radius 2 is 1.71 bits per heavy atom. The van der Waals surface area contributed by atoms with Gasteiger partial charge in [-0.25, -0.2) is 4.39 Å². The summed E-state index contributed by atoms with van der Waals surface area (Å²) in [6, 6.07) is 6.70. The molecule has 0 bridgehead atoms. The van der Waals surface area contributed by atoms with Crippen molar-refractivity contribution in [3.05, 3.63) is 35.6 Å². The van der Waals surface area contributed by atoms with E-state index in [4.69, 9.17) is 0 Å². The van der Waals surface area contributed by atoms with E-state index in [2.05, 4.69) is 0 Å². The molecule has 0 saturated heterocycles. The third-order valence-electron chi connectivity index (χ3n) is 1.89. The second-order valence-electron chi connectivity index (χ2n) is 3.51. The third-order valence-corrected chi connectivity index (χ3v) is 1.89. The molecule has 1 aromatic carbocycles. The van der Waals surface area contributed by atoms with Crippen LogP contribution in [0.25, 0.3) is 0 Å². The molecule has 0 N–H and O–H groups in total. The van der Waals surface area contributed by atoms with Gasteiger partial charge < -0.3 is 0 Å². The SMILES string of the molecule is CC(=O)C(C)C.Cc1ccccc1F. The summed E-state index contributed by atoms with van der Waals surface area (Å²) < 4.78 is 12.3. The molecule has 1 aromatic rings. The average molecular weight is 196 g/mol. The largest absolute Gasteiger partial charge is 0.300 e. The monoisotopic (exact) mass is 196 g/mol. The van der Waals surface area contributed by atoms with E-state index in [1.54, 1.807) is 26.0 Å². The van der Waals surface area contributed by atoms with Crippen LogP contribution in [0.2, 0.25) is 0 Å². The average Bonchev–Trinajstić information content (AvgIpc) is 2.11. The number of ketones is 1. The smallest absolute Gasteiger partial charge is 0.132 e. The van der Waals surface area contributed by atoms with Crippen LogP contribution in [-0.4, -0.2) is 5.78 Å². The minimum atomic E-state index is -0.132. The number of Topliss-reactive ketones (excluding diaryl/α,β-unsaturated/α-hetero) is 1. The molecule has 1 rings (SSSR count). The number of hydrogen-bond acceptors (Lipinski definition) is 1. The van der Waals surface area contributed by atoms with Gasteiger partial charge in [-0.15, -0.1) is 0 Å². The highest BCUT2D eigenvalue weighted by molar-refractivity contribution is 5.77. The van der Waals surface area contributed by atoms with E-state index in [1.165, 1.54) is 6.07 Å². The molecule has 0 unspecified atom stereocenters. The molecular weight excluding hydrogens is 179 g/mol. The van der Waals surface area contributed by atoms with Crippen molar-refractivity contribution in [2.75, 3.05) is 0 Å². The van der Waals surface area contributed by atoms with Crippen LogP contribution in [0.15, 0.2) is 24.3 Å². The minimum Gasteiger partial charge on any atom is -0.300 e. The molecular formula is C12H17FO. The first-order chi connectivity index (χ1) is 6.45. The van der Waals surface area contributed by atoms with E-state index in [9.17, 15) is 9.18 Å². The van der Waals surface area contributed by atoms with Crippen molar-refractivity contribution in [2.24, 2.45) is 5.92 Å². The zero-order chi connectivity index (χ0) is 11.1. The second kappa shape index (κ2) is 6.30. The predicted molar refractivity (Wildman–Crippen MR) is 56.7 cm³/mol. The van der Waals surface area contributed by atoms with Crippen molar-refractivity contribution in [1.29, 1.82) is 0 Å². The maximum atomic E-state index is 12.3. The van der Waals surface area contributed by atoms with Crippen molar-refractivity contribution in [1.82, 2.24) is 0 Å². The Bertz CT molecular complexity index is 271. The molecule has 0 spiro atoms. The molecule has 0 atom stereocenters. The predicted octanol–water partition coefficient (Wildman–Crippen LogP) is 3.37. The number of hydrogen-bond donors (Lipinski definition) is 0. The molecule has 0 aliphatic heterocycles. The summed E-state index contributed by atoms with van der Waals surface area (Å²) in [4.78, 5) is 10.1. The van der Waals surface area contributed by atoms with Gasteiger partial charge in [-0.1, -0.05) is 32.0 Å². The van der Waals surface area contributed by atoms with Crippen LogP contribution in [0, 0.1) is 18.7 Å². The van der Waals surface area contributed by atoms with E-state index in [-0.39, 0.29) is 17.5 Å². The molecule has 0 aliphatic carbocycles. The van der Waals surface area contributed by atoms with Crippen molar-refractivity contribution >= 4 is 5.78 Å². The van der Waals surface area contributed by atoms with E-state index in [0.717, 1.165) is 0 Å². The van der Waals surface area contributed by atoms with Gasteiger partial charge in [0.2, 0.25) is 0 Å². The first kappa shape index (κ1) is 12.8. The second-order valence-corrected chi connectivity index (χ2v) is 3.51. The van der Waals surface area contributed by atoms with Crippen molar-refractivity contribution in [3.8, 4) is 0 Å². The van der Waals surface area contributed by atoms with Crippen molar-refractivity contribution in [3.63, 3.8) is 0 Å². The Morgan fingerprint density at radius 3 is 1.93 bits per heavy atom. The Balaban J connectivity index is 0.000000255. The summed E-state index contributed by atoms with van der Waals surface area (Å²) in [5.41, 5.74) is 0.701. The fourth-order valence-electron chi connectivity index (χ4n) is 0.551. The van der Waals surface area contributed by atoms with Crippen LogP contribution < -0.4 is 0 Å². The highest BCUT2D eigenvalue weighted by Gasteiger charge is 1.95. The van der Waals surface area contributed by atoms with Crippen molar-refractivity contribution < 1.29 is 9.18 Å². The number of rotatable bonds is 1. The third kappa shape index (κ3) is 5.46. The van der Waals surface area contributed by atoms with Crippen molar-refractivity contribution in [2.45, 2.75) is 27.7 Å². The highest BCUT2D eigenvalue weighted by atomic mass is 19.1. The summed E-state index contributed by atoms with van der Waals surface area (Å²) >= 11 is 0. The van der Waals surface area contributed by atoms with Gasteiger partial charge in [0.1, 0.15) is 11.6 Å². The van der Waals surface area contributed by atoms with Gasteiger partial charge in [0.05, 0.1) is 0 Å². The number of aryl methyl sites for hydroxylation is 1. The normalized spacial score (nSPS) is 9.29. The maximum Gasteiger partial charge on any atom is 0.132 e. The van der Waals surface area contributed by atoms with Gasteiger partial charge in [-0.3, -0.25) is 4.79 Å². The number of carbonyl (C=O) groups is 1. The van der Waals surface area contributed by atoms with Gasteiger partial charge in [0.25, 0.3) is 0 Å². The van der Waals surface area contributed by atoms with Gasteiger partial charge in [0, 0.05) is 5.92 Å². The maximum absolute atomic E-state index is 12.3. The molecule has 0 saturated carbocycles. The van der Waals surface area contributed by atoms with Gasteiger partial charge >= 0.3 is 0 Å². The van der Waals surface area contributed by atoms with Crippen LogP contribution in [-0.2, 0) is 4.79 Å². The van der Waals surface area contributed by atoms with Crippen LogP contribution >= 0.6 is 0 Å². The molecule has 2 heteroatoms. The molecule has 0 radical (unpaired) electrons. The van der Waals surface area contributed by atoms with Crippen LogP contribution in [0.1, 0.15) is 26.3 Å². The number of carbonyl (C=O) groups excluding carboxylic acids is 1. The van der Waals surface area contributed by atoms with E-state index in [0.29, 0.717) is 5.56 Å².